The maximum absolute atomic E-state index is 4.15. The van der Waals surface area contributed by atoms with Gasteiger partial charge in [0.15, 0.2) is 0 Å². The highest BCUT2D eigenvalue weighted by molar-refractivity contribution is 5.13. The van der Waals surface area contributed by atoms with E-state index in [2.05, 4.69) is 37.1 Å². The molecule has 1 aromatic heterocycles. The lowest BCUT2D eigenvalue weighted by Crippen LogP contribution is -2.28. The van der Waals surface area contributed by atoms with Crippen molar-refractivity contribution >= 4 is 0 Å². The average Bonchev–Trinajstić information content (AvgIpc) is 2.27. The van der Waals surface area contributed by atoms with Crippen LogP contribution in [0.3, 0.4) is 0 Å². The van der Waals surface area contributed by atoms with Crippen LogP contribution in [0.5, 0.6) is 0 Å². The fourth-order valence-corrected chi connectivity index (χ4v) is 1.81. The third-order valence-electron chi connectivity index (χ3n) is 2.70. The lowest BCUT2D eigenvalue weighted by molar-refractivity contribution is 0.478. The van der Waals surface area contributed by atoms with Crippen molar-refractivity contribution in [2.45, 2.75) is 45.6 Å². The Kier molecular flexibility index (Phi) is 5.33. The summed E-state index contributed by atoms with van der Waals surface area (Å²) >= 11 is 0. The van der Waals surface area contributed by atoms with E-state index >= 15 is 0 Å². The van der Waals surface area contributed by atoms with Crippen molar-refractivity contribution in [2.75, 3.05) is 6.54 Å². The Bertz CT molecular complexity index is 258. The summed E-state index contributed by atoms with van der Waals surface area (Å²) in [6.45, 7) is 7.83. The molecule has 0 radical (unpaired) electrons. The summed E-state index contributed by atoms with van der Waals surface area (Å²) in [6, 6.07) is 4.75. The summed E-state index contributed by atoms with van der Waals surface area (Å²) in [4.78, 5) is 4.15. The molecular formula is C13H22N2. The molecule has 0 amide bonds. The summed E-state index contributed by atoms with van der Waals surface area (Å²) in [6.07, 6.45) is 6.17. The highest BCUT2D eigenvalue weighted by atomic mass is 14.9. The van der Waals surface area contributed by atoms with Gasteiger partial charge in [0.1, 0.15) is 0 Å². The fraction of sp³-hybridized carbons (Fsp3) is 0.615. The smallest absolute Gasteiger partial charge is 0.0302 e. The highest BCUT2D eigenvalue weighted by Crippen LogP contribution is 2.19. The average molecular weight is 206 g/mol. The first-order valence-electron chi connectivity index (χ1n) is 5.87. The molecule has 2 nitrogen and oxygen atoms in total. The van der Waals surface area contributed by atoms with Crippen molar-refractivity contribution in [2.24, 2.45) is 0 Å². The van der Waals surface area contributed by atoms with E-state index in [0.717, 1.165) is 6.54 Å². The zero-order valence-corrected chi connectivity index (χ0v) is 10.0. The zero-order chi connectivity index (χ0) is 11.1. The standard InChI is InChI=1S/C13H22N2/c1-4-7-15-12(3)9-11(2)13-6-5-8-14-10-13/h5-6,8,10-12,15H,4,7,9H2,1-3H3. The molecule has 84 valence electrons. The molecular weight excluding hydrogens is 184 g/mol. The Morgan fingerprint density at radius 2 is 2.20 bits per heavy atom. The lowest BCUT2D eigenvalue weighted by Gasteiger charge is -2.18. The number of hydrogen-bond acceptors (Lipinski definition) is 2. The number of rotatable bonds is 6. The minimum absolute atomic E-state index is 0.582. The number of nitrogens with zero attached hydrogens (tertiary/aromatic N) is 1. The molecule has 0 aliphatic rings. The minimum atomic E-state index is 0.582. The van der Waals surface area contributed by atoms with E-state index in [1.807, 2.05) is 18.5 Å². The van der Waals surface area contributed by atoms with Gasteiger partial charge in [0, 0.05) is 18.4 Å². The molecule has 0 spiro atoms. The van der Waals surface area contributed by atoms with E-state index in [1.165, 1.54) is 18.4 Å². The van der Waals surface area contributed by atoms with Crippen molar-refractivity contribution in [1.82, 2.24) is 10.3 Å². The van der Waals surface area contributed by atoms with E-state index in [9.17, 15) is 0 Å². The van der Waals surface area contributed by atoms with Gasteiger partial charge in [-0.25, -0.2) is 0 Å². The summed E-state index contributed by atoms with van der Waals surface area (Å²) < 4.78 is 0. The lowest BCUT2D eigenvalue weighted by atomic mass is 9.96. The molecule has 2 heteroatoms. The molecule has 0 fully saturated rings. The molecule has 1 rings (SSSR count). The maximum atomic E-state index is 4.15. The minimum Gasteiger partial charge on any atom is -0.314 e. The van der Waals surface area contributed by atoms with E-state index < -0.39 is 0 Å². The van der Waals surface area contributed by atoms with Gasteiger partial charge in [-0.2, -0.15) is 0 Å². The predicted molar refractivity (Wildman–Crippen MR) is 65.0 cm³/mol. The molecule has 1 N–H and O–H groups in total. The van der Waals surface area contributed by atoms with E-state index in [0.29, 0.717) is 12.0 Å². The van der Waals surface area contributed by atoms with Gasteiger partial charge in [0.2, 0.25) is 0 Å². The van der Waals surface area contributed by atoms with Crippen LogP contribution in [-0.2, 0) is 0 Å². The van der Waals surface area contributed by atoms with Gasteiger partial charge in [-0.1, -0.05) is 19.9 Å². The van der Waals surface area contributed by atoms with Crippen molar-refractivity contribution in [3.63, 3.8) is 0 Å². The first-order valence-corrected chi connectivity index (χ1v) is 5.87. The van der Waals surface area contributed by atoms with Crippen LogP contribution in [0.1, 0.15) is 45.1 Å². The van der Waals surface area contributed by atoms with Gasteiger partial charge in [0.05, 0.1) is 0 Å². The SMILES string of the molecule is CCCNC(C)CC(C)c1cccnc1. The van der Waals surface area contributed by atoms with Gasteiger partial charge in [-0.3, -0.25) is 4.98 Å². The van der Waals surface area contributed by atoms with Crippen LogP contribution in [0, 0.1) is 0 Å². The normalized spacial score (nSPS) is 14.9. The van der Waals surface area contributed by atoms with Gasteiger partial charge in [0.25, 0.3) is 0 Å². The number of hydrogen-bond donors (Lipinski definition) is 1. The molecule has 1 aromatic rings. The van der Waals surface area contributed by atoms with E-state index in [-0.39, 0.29) is 0 Å². The van der Waals surface area contributed by atoms with Gasteiger partial charge in [-0.05, 0) is 43.9 Å². The Morgan fingerprint density at radius 1 is 1.40 bits per heavy atom. The third kappa shape index (κ3) is 4.43. The van der Waals surface area contributed by atoms with Crippen molar-refractivity contribution in [1.29, 1.82) is 0 Å². The second-order valence-electron chi connectivity index (χ2n) is 4.28. The summed E-state index contributed by atoms with van der Waals surface area (Å²) in [5.74, 6) is 0.582. The molecule has 0 bridgehead atoms. The first kappa shape index (κ1) is 12.2. The van der Waals surface area contributed by atoms with Gasteiger partial charge in [-0.15, -0.1) is 0 Å². The number of pyridine rings is 1. The Hall–Kier alpha value is -0.890. The maximum Gasteiger partial charge on any atom is 0.0302 e. The molecule has 0 aliphatic carbocycles. The fourth-order valence-electron chi connectivity index (χ4n) is 1.81. The quantitative estimate of drug-likeness (QED) is 0.774. The summed E-state index contributed by atoms with van der Waals surface area (Å²) in [5, 5.41) is 3.51. The number of nitrogens with one attached hydrogen (secondary N) is 1. The second kappa shape index (κ2) is 6.57. The topological polar surface area (TPSA) is 24.9 Å². The van der Waals surface area contributed by atoms with Crippen molar-refractivity contribution in [3.05, 3.63) is 30.1 Å². The summed E-state index contributed by atoms with van der Waals surface area (Å²) in [7, 11) is 0. The Morgan fingerprint density at radius 3 is 2.80 bits per heavy atom. The molecule has 2 atom stereocenters. The first-order chi connectivity index (χ1) is 7.24. The van der Waals surface area contributed by atoms with Crippen LogP contribution in [0.4, 0.5) is 0 Å². The molecule has 1 heterocycles. The van der Waals surface area contributed by atoms with Gasteiger partial charge >= 0.3 is 0 Å². The third-order valence-corrected chi connectivity index (χ3v) is 2.70. The van der Waals surface area contributed by atoms with Crippen LogP contribution in [0.15, 0.2) is 24.5 Å². The molecule has 0 aromatic carbocycles. The van der Waals surface area contributed by atoms with Crippen LogP contribution in [0.2, 0.25) is 0 Å². The van der Waals surface area contributed by atoms with Gasteiger partial charge < -0.3 is 5.32 Å². The molecule has 0 aliphatic heterocycles. The van der Waals surface area contributed by atoms with Crippen LogP contribution in [-0.4, -0.2) is 17.6 Å². The monoisotopic (exact) mass is 206 g/mol. The summed E-state index contributed by atoms with van der Waals surface area (Å²) in [5.41, 5.74) is 1.34. The van der Waals surface area contributed by atoms with Crippen molar-refractivity contribution < 1.29 is 0 Å². The predicted octanol–water partition coefficient (Wildman–Crippen LogP) is 2.96. The molecule has 2 unspecified atom stereocenters. The van der Waals surface area contributed by atoms with E-state index in [4.69, 9.17) is 0 Å². The largest absolute Gasteiger partial charge is 0.314 e. The number of aromatic nitrogens is 1. The van der Waals surface area contributed by atoms with E-state index in [1.54, 1.807) is 0 Å². The second-order valence-corrected chi connectivity index (χ2v) is 4.28. The van der Waals surface area contributed by atoms with Crippen molar-refractivity contribution in [3.8, 4) is 0 Å². The van der Waals surface area contributed by atoms with Crippen LogP contribution >= 0.6 is 0 Å². The zero-order valence-electron chi connectivity index (χ0n) is 10.0. The van der Waals surface area contributed by atoms with Crippen LogP contribution < -0.4 is 5.32 Å². The molecule has 0 saturated heterocycles. The molecule has 15 heavy (non-hydrogen) atoms. The Balaban J connectivity index is 2.38. The highest BCUT2D eigenvalue weighted by Gasteiger charge is 2.09. The molecule has 0 saturated carbocycles. The van der Waals surface area contributed by atoms with Crippen LogP contribution in [0.25, 0.3) is 0 Å². The Labute approximate surface area is 93.1 Å².